The molecular formula is C19H15NO4. The smallest absolute Gasteiger partial charge is 0.336 e. The molecular weight excluding hydrogens is 306 g/mol. The third-order valence-electron chi connectivity index (χ3n) is 3.53. The van der Waals surface area contributed by atoms with Gasteiger partial charge < -0.3 is 13.9 Å². The Balaban J connectivity index is 1.59. The minimum Gasteiger partial charge on any atom is -0.490 e. The van der Waals surface area contributed by atoms with Gasteiger partial charge in [0.1, 0.15) is 30.3 Å². The van der Waals surface area contributed by atoms with Crippen molar-refractivity contribution in [3.8, 4) is 17.6 Å². The molecule has 3 aromatic rings. The van der Waals surface area contributed by atoms with Crippen molar-refractivity contribution in [2.75, 3.05) is 13.2 Å². The van der Waals surface area contributed by atoms with Crippen LogP contribution in [0.15, 0.2) is 57.7 Å². The van der Waals surface area contributed by atoms with Crippen molar-refractivity contribution in [2.24, 2.45) is 0 Å². The van der Waals surface area contributed by atoms with Crippen LogP contribution in [0.3, 0.4) is 0 Å². The molecule has 0 bridgehead atoms. The van der Waals surface area contributed by atoms with Gasteiger partial charge in [-0.3, -0.25) is 0 Å². The maximum absolute atomic E-state index is 11.4. The Morgan fingerprint density at radius 3 is 2.38 bits per heavy atom. The Hall–Kier alpha value is -3.26. The summed E-state index contributed by atoms with van der Waals surface area (Å²) in [6.45, 7) is 2.58. The van der Waals surface area contributed by atoms with E-state index in [9.17, 15) is 4.79 Å². The van der Waals surface area contributed by atoms with E-state index in [0.29, 0.717) is 35.9 Å². The van der Waals surface area contributed by atoms with Crippen molar-refractivity contribution in [3.63, 3.8) is 0 Å². The molecule has 0 spiro atoms. The second-order valence-electron chi connectivity index (χ2n) is 5.24. The summed E-state index contributed by atoms with van der Waals surface area (Å²) >= 11 is 0. The zero-order chi connectivity index (χ0) is 16.9. The van der Waals surface area contributed by atoms with Gasteiger partial charge in [0.25, 0.3) is 0 Å². The molecule has 0 atom stereocenters. The average Bonchev–Trinajstić information content (AvgIpc) is 2.59. The molecule has 3 rings (SSSR count). The van der Waals surface area contributed by atoms with Crippen molar-refractivity contribution in [3.05, 3.63) is 70.1 Å². The highest BCUT2D eigenvalue weighted by atomic mass is 16.5. The fourth-order valence-corrected chi connectivity index (χ4v) is 2.34. The second kappa shape index (κ2) is 6.88. The number of hydrogen-bond acceptors (Lipinski definition) is 5. The molecule has 24 heavy (non-hydrogen) atoms. The normalized spacial score (nSPS) is 10.3. The molecule has 0 aliphatic heterocycles. The molecule has 0 aliphatic rings. The van der Waals surface area contributed by atoms with E-state index in [4.69, 9.17) is 19.2 Å². The Labute approximate surface area is 138 Å². The number of nitrogens with zero attached hydrogens (tertiary/aromatic N) is 1. The third-order valence-corrected chi connectivity index (χ3v) is 3.53. The molecule has 1 aromatic heterocycles. The van der Waals surface area contributed by atoms with E-state index in [0.717, 1.165) is 10.9 Å². The summed E-state index contributed by atoms with van der Waals surface area (Å²) in [5, 5.41) is 9.63. The van der Waals surface area contributed by atoms with E-state index < -0.39 is 0 Å². The molecule has 0 amide bonds. The van der Waals surface area contributed by atoms with Gasteiger partial charge in [-0.15, -0.1) is 0 Å². The van der Waals surface area contributed by atoms with Crippen LogP contribution in [0, 0.1) is 18.3 Å². The molecule has 0 saturated heterocycles. The number of aryl methyl sites for hydroxylation is 1. The minimum absolute atomic E-state index is 0.349. The molecule has 0 N–H and O–H groups in total. The number of fused-ring (bicyclic) bond motifs is 1. The second-order valence-corrected chi connectivity index (χ2v) is 5.24. The summed E-state index contributed by atoms with van der Waals surface area (Å²) in [5.74, 6) is 1.29. The van der Waals surface area contributed by atoms with Crippen LogP contribution in [0.1, 0.15) is 11.1 Å². The van der Waals surface area contributed by atoms with Gasteiger partial charge in [-0.25, -0.2) is 4.79 Å². The van der Waals surface area contributed by atoms with Crippen LogP contribution in [0.2, 0.25) is 0 Å². The van der Waals surface area contributed by atoms with E-state index in [1.165, 1.54) is 6.07 Å². The summed E-state index contributed by atoms with van der Waals surface area (Å²) in [4.78, 5) is 11.4. The molecule has 0 unspecified atom stereocenters. The van der Waals surface area contributed by atoms with Gasteiger partial charge in [0, 0.05) is 17.5 Å². The topological polar surface area (TPSA) is 72.5 Å². The first-order valence-corrected chi connectivity index (χ1v) is 7.46. The first kappa shape index (κ1) is 15.6. The molecule has 2 aromatic carbocycles. The lowest BCUT2D eigenvalue weighted by molar-refractivity contribution is 0.217. The van der Waals surface area contributed by atoms with Crippen LogP contribution in [0.25, 0.3) is 11.0 Å². The quantitative estimate of drug-likeness (QED) is 0.532. The molecule has 120 valence electrons. The van der Waals surface area contributed by atoms with Crippen molar-refractivity contribution in [1.29, 1.82) is 5.26 Å². The predicted molar refractivity (Wildman–Crippen MR) is 89.4 cm³/mol. The highest BCUT2D eigenvalue weighted by Gasteiger charge is 2.04. The van der Waals surface area contributed by atoms with E-state index in [1.807, 2.05) is 19.1 Å². The standard InChI is InChI=1S/C19H15NO4/c1-13-10-19(21)24-18-11-16(6-7-17(13)18)23-9-8-22-15-4-2-14(12-20)3-5-15/h2-7,10-11H,8-9H2,1H3. The van der Waals surface area contributed by atoms with Crippen molar-refractivity contribution >= 4 is 11.0 Å². The number of hydrogen-bond donors (Lipinski definition) is 0. The van der Waals surface area contributed by atoms with Gasteiger partial charge in [0.2, 0.25) is 0 Å². The summed E-state index contributed by atoms with van der Waals surface area (Å²) in [6, 6.07) is 15.8. The van der Waals surface area contributed by atoms with Crippen LogP contribution in [0.5, 0.6) is 11.5 Å². The Morgan fingerprint density at radius 1 is 1.00 bits per heavy atom. The predicted octanol–water partition coefficient (Wildman–Crippen LogP) is 3.43. The van der Waals surface area contributed by atoms with Gasteiger partial charge in [-0.05, 0) is 48.9 Å². The molecule has 0 saturated carbocycles. The minimum atomic E-state index is -0.374. The molecule has 0 fully saturated rings. The highest BCUT2D eigenvalue weighted by Crippen LogP contribution is 2.22. The summed E-state index contributed by atoms with van der Waals surface area (Å²) in [7, 11) is 0. The Morgan fingerprint density at radius 2 is 1.67 bits per heavy atom. The highest BCUT2D eigenvalue weighted by molar-refractivity contribution is 5.81. The van der Waals surface area contributed by atoms with Crippen molar-refractivity contribution < 1.29 is 13.9 Å². The third kappa shape index (κ3) is 3.55. The molecule has 5 nitrogen and oxygen atoms in total. The largest absolute Gasteiger partial charge is 0.490 e. The summed E-state index contributed by atoms with van der Waals surface area (Å²) < 4.78 is 16.4. The fourth-order valence-electron chi connectivity index (χ4n) is 2.34. The lowest BCUT2D eigenvalue weighted by Crippen LogP contribution is -2.09. The number of nitriles is 1. The lowest BCUT2D eigenvalue weighted by atomic mass is 10.1. The SMILES string of the molecule is Cc1cc(=O)oc2cc(OCCOc3ccc(C#N)cc3)ccc12. The zero-order valence-electron chi connectivity index (χ0n) is 13.1. The van der Waals surface area contributed by atoms with Gasteiger partial charge in [-0.1, -0.05) is 0 Å². The van der Waals surface area contributed by atoms with Crippen LogP contribution in [-0.4, -0.2) is 13.2 Å². The first-order valence-electron chi connectivity index (χ1n) is 7.46. The molecule has 1 heterocycles. The van der Waals surface area contributed by atoms with E-state index in [1.54, 1.807) is 30.3 Å². The summed E-state index contributed by atoms with van der Waals surface area (Å²) in [6.07, 6.45) is 0. The van der Waals surface area contributed by atoms with E-state index in [-0.39, 0.29) is 5.63 Å². The van der Waals surface area contributed by atoms with Gasteiger partial charge in [0.15, 0.2) is 0 Å². The molecule has 5 heteroatoms. The first-order chi connectivity index (χ1) is 11.7. The van der Waals surface area contributed by atoms with Crippen molar-refractivity contribution in [2.45, 2.75) is 6.92 Å². The zero-order valence-corrected chi connectivity index (χ0v) is 13.1. The Kier molecular flexibility index (Phi) is 4.48. The van der Waals surface area contributed by atoms with Crippen molar-refractivity contribution in [1.82, 2.24) is 0 Å². The Bertz CT molecular complexity index is 952. The van der Waals surface area contributed by atoms with Crippen LogP contribution < -0.4 is 15.1 Å². The van der Waals surface area contributed by atoms with Gasteiger partial charge in [-0.2, -0.15) is 5.26 Å². The maximum atomic E-state index is 11.4. The van der Waals surface area contributed by atoms with Crippen LogP contribution in [-0.2, 0) is 0 Å². The molecule has 0 radical (unpaired) electrons. The summed E-state index contributed by atoms with van der Waals surface area (Å²) in [5.41, 5.74) is 1.59. The van der Waals surface area contributed by atoms with E-state index in [2.05, 4.69) is 6.07 Å². The maximum Gasteiger partial charge on any atom is 0.336 e. The average molecular weight is 321 g/mol. The number of ether oxygens (including phenoxy) is 2. The molecule has 0 aliphatic carbocycles. The number of benzene rings is 2. The number of rotatable bonds is 5. The fraction of sp³-hybridized carbons (Fsp3) is 0.158. The van der Waals surface area contributed by atoms with Crippen LogP contribution in [0.4, 0.5) is 0 Å². The monoisotopic (exact) mass is 321 g/mol. The van der Waals surface area contributed by atoms with Gasteiger partial charge in [0.05, 0.1) is 11.6 Å². The van der Waals surface area contributed by atoms with E-state index >= 15 is 0 Å². The lowest BCUT2D eigenvalue weighted by Gasteiger charge is -2.09. The van der Waals surface area contributed by atoms with Gasteiger partial charge >= 0.3 is 5.63 Å². The van der Waals surface area contributed by atoms with Crippen LogP contribution >= 0.6 is 0 Å².